The van der Waals surface area contributed by atoms with Crippen LogP contribution in [-0.4, -0.2) is 25.0 Å². The Morgan fingerprint density at radius 1 is 1.34 bits per heavy atom. The van der Waals surface area contributed by atoms with Crippen LogP contribution in [0.15, 0.2) is 34.9 Å². The van der Waals surface area contributed by atoms with Crippen LogP contribution in [0.4, 0.5) is 0 Å². The Labute approximate surface area is 178 Å². The van der Waals surface area contributed by atoms with Crippen molar-refractivity contribution in [3.63, 3.8) is 0 Å². The lowest BCUT2D eigenvalue weighted by molar-refractivity contribution is -0.139. The lowest BCUT2D eigenvalue weighted by Gasteiger charge is -2.32. The number of hydrogen-bond acceptors (Lipinski definition) is 6. The zero-order valence-electron chi connectivity index (χ0n) is 15.7. The van der Waals surface area contributed by atoms with E-state index in [-0.39, 0.29) is 46.2 Å². The molecule has 0 saturated carbocycles. The zero-order chi connectivity index (χ0) is 21.1. The van der Waals surface area contributed by atoms with E-state index in [4.69, 9.17) is 49.6 Å². The summed E-state index contributed by atoms with van der Waals surface area (Å²) in [7, 11) is 0. The van der Waals surface area contributed by atoms with E-state index in [2.05, 4.69) is 5.92 Å². The van der Waals surface area contributed by atoms with Gasteiger partial charge in [-0.1, -0.05) is 29.1 Å². The van der Waals surface area contributed by atoms with Crippen LogP contribution >= 0.6 is 23.2 Å². The molecular formula is C21H19Cl2NO5. The summed E-state index contributed by atoms with van der Waals surface area (Å²) in [5, 5.41) is 0.392. The van der Waals surface area contributed by atoms with Crippen LogP contribution in [0.3, 0.4) is 0 Å². The first-order valence-electron chi connectivity index (χ1n) is 9.05. The zero-order valence-corrected chi connectivity index (χ0v) is 17.2. The molecule has 2 N–H and O–H groups in total. The maximum absolute atomic E-state index is 12.8. The minimum Gasteiger partial charge on any atom is -0.478 e. The Hall–Kier alpha value is -2.62. The normalized spacial score (nSPS) is 18.7. The molecule has 1 atom stereocenters. The van der Waals surface area contributed by atoms with E-state index >= 15 is 0 Å². The van der Waals surface area contributed by atoms with Gasteiger partial charge in [-0.15, -0.1) is 6.42 Å². The third-order valence-electron chi connectivity index (χ3n) is 4.63. The summed E-state index contributed by atoms with van der Waals surface area (Å²) in [6.07, 6.45) is 6.75. The highest BCUT2D eigenvalue weighted by atomic mass is 35.5. The number of halogens is 2. The van der Waals surface area contributed by atoms with Crippen molar-refractivity contribution < 1.29 is 23.8 Å². The van der Waals surface area contributed by atoms with E-state index < -0.39 is 11.9 Å². The quantitative estimate of drug-likeness (QED) is 0.557. The molecule has 152 valence electrons. The number of esters is 1. The monoisotopic (exact) mass is 435 g/mol. The number of ether oxygens (including phenoxy) is 3. The number of hydrogen-bond donors (Lipinski definition) is 1. The molecule has 6 nitrogen and oxygen atoms in total. The predicted molar refractivity (Wildman–Crippen MR) is 108 cm³/mol. The third-order valence-corrected chi connectivity index (χ3v) is 5.20. The molecule has 0 saturated heterocycles. The van der Waals surface area contributed by atoms with Crippen LogP contribution in [0, 0.1) is 12.3 Å². The lowest BCUT2D eigenvalue weighted by Crippen LogP contribution is -2.31. The standard InChI is InChI=1S/C21H19Cl2NO5/c1-3-8-28-19-12(22)9-11(10-13(19)23)16-17-14(25)6-5-7-15(17)29-20(24)18(16)21(26)27-4-2/h1,9-10,16H,4-8,24H2,2H3. The molecule has 29 heavy (non-hydrogen) atoms. The van der Waals surface area contributed by atoms with Gasteiger partial charge in [0.25, 0.3) is 0 Å². The van der Waals surface area contributed by atoms with Crippen LogP contribution in [0.5, 0.6) is 5.75 Å². The fraction of sp³-hybridized carbons (Fsp3) is 0.333. The molecule has 0 spiro atoms. The van der Waals surface area contributed by atoms with E-state index in [1.807, 2.05) is 0 Å². The van der Waals surface area contributed by atoms with Gasteiger partial charge in [-0.25, -0.2) is 4.79 Å². The Morgan fingerprint density at radius 3 is 2.66 bits per heavy atom. The smallest absolute Gasteiger partial charge is 0.340 e. The van der Waals surface area contributed by atoms with E-state index in [1.54, 1.807) is 19.1 Å². The van der Waals surface area contributed by atoms with Gasteiger partial charge >= 0.3 is 5.97 Å². The van der Waals surface area contributed by atoms with E-state index in [1.165, 1.54) is 0 Å². The van der Waals surface area contributed by atoms with E-state index in [0.717, 1.165) is 0 Å². The molecule has 8 heteroatoms. The Morgan fingerprint density at radius 2 is 2.03 bits per heavy atom. The molecular weight excluding hydrogens is 417 g/mol. The fourth-order valence-corrected chi connectivity index (χ4v) is 4.11. The van der Waals surface area contributed by atoms with E-state index in [9.17, 15) is 9.59 Å². The van der Waals surface area contributed by atoms with Gasteiger partial charge in [0, 0.05) is 18.4 Å². The highest BCUT2D eigenvalue weighted by Gasteiger charge is 2.41. The molecule has 1 aliphatic carbocycles. The fourth-order valence-electron chi connectivity index (χ4n) is 3.50. The average Bonchev–Trinajstić information content (AvgIpc) is 2.66. The van der Waals surface area contributed by atoms with Crippen LogP contribution in [0.1, 0.15) is 37.7 Å². The molecule has 3 rings (SSSR count). The van der Waals surface area contributed by atoms with Gasteiger partial charge in [-0.05, 0) is 31.0 Å². The van der Waals surface area contributed by atoms with Crippen LogP contribution < -0.4 is 10.5 Å². The van der Waals surface area contributed by atoms with Gasteiger partial charge in [0.05, 0.1) is 22.6 Å². The van der Waals surface area contributed by atoms with Crippen molar-refractivity contribution in [2.75, 3.05) is 13.2 Å². The highest BCUT2D eigenvalue weighted by molar-refractivity contribution is 6.37. The van der Waals surface area contributed by atoms with Gasteiger partial charge < -0.3 is 19.9 Å². The summed E-state index contributed by atoms with van der Waals surface area (Å²) in [6.45, 7) is 1.81. The van der Waals surface area contributed by atoms with Crippen molar-refractivity contribution in [1.82, 2.24) is 0 Å². The molecule has 0 fully saturated rings. The van der Waals surface area contributed by atoms with Gasteiger partial charge in [0.15, 0.2) is 11.5 Å². The summed E-state index contributed by atoms with van der Waals surface area (Å²) < 4.78 is 16.2. The molecule has 1 unspecified atom stereocenters. The van der Waals surface area contributed by atoms with Gasteiger partial charge in [-0.2, -0.15) is 0 Å². The molecule has 0 amide bonds. The largest absolute Gasteiger partial charge is 0.478 e. The molecule has 0 radical (unpaired) electrons. The van der Waals surface area contributed by atoms with Crippen LogP contribution in [0.25, 0.3) is 0 Å². The maximum Gasteiger partial charge on any atom is 0.340 e. The number of carbonyl (C=O) groups excluding carboxylic acids is 2. The van der Waals surface area contributed by atoms with Gasteiger partial charge in [0.2, 0.25) is 5.88 Å². The number of nitrogens with two attached hydrogens (primary N) is 1. The second-order valence-electron chi connectivity index (χ2n) is 6.45. The number of terminal acetylenes is 1. The minimum atomic E-state index is -0.803. The second-order valence-corrected chi connectivity index (χ2v) is 7.27. The topological polar surface area (TPSA) is 87.8 Å². The number of rotatable bonds is 5. The van der Waals surface area contributed by atoms with Gasteiger partial charge in [-0.3, -0.25) is 4.79 Å². The highest BCUT2D eigenvalue weighted by Crippen LogP contribution is 2.46. The van der Waals surface area contributed by atoms with Crippen molar-refractivity contribution in [2.24, 2.45) is 5.73 Å². The number of allylic oxidation sites excluding steroid dienone is 2. The van der Waals surface area contributed by atoms with Crippen LogP contribution in [0.2, 0.25) is 10.0 Å². The van der Waals surface area contributed by atoms with E-state index in [0.29, 0.717) is 36.2 Å². The molecule has 1 aromatic rings. The number of ketones is 1. The Kier molecular flexibility index (Phi) is 6.41. The molecule has 0 aromatic heterocycles. The van der Waals surface area contributed by atoms with Crippen molar-refractivity contribution >= 4 is 35.0 Å². The molecule has 1 aliphatic heterocycles. The lowest BCUT2D eigenvalue weighted by atomic mass is 9.77. The second kappa shape index (κ2) is 8.81. The van der Waals surface area contributed by atoms with Crippen molar-refractivity contribution in [3.8, 4) is 18.1 Å². The predicted octanol–water partition coefficient (Wildman–Crippen LogP) is 3.86. The maximum atomic E-state index is 12.8. The first-order valence-corrected chi connectivity index (χ1v) is 9.80. The number of carbonyl (C=O) groups is 2. The number of Topliss-reactive ketones (excluding diaryl/α,β-unsaturated/α-hetero) is 1. The summed E-state index contributed by atoms with van der Waals surface area (Å²) in [4.78, 5) is 25.4. The average molecular weight is 436 g/mol. The van der Waals surface area contributed by atoms with Crippen molar-refractivity contribution in [3.05, 3.63) is 50.5 Å². The van der Waals surface area contributed by atoms with Crippen LogP contribution in [-0.2, 0) is 19.1 Å². The summed E-state index contributed by atoms with van der Waals surface area (Å²) >= 11 is 12.7. The Bertz CT molecular complexity index is 951. The summed E-state index contributed by atoms with van der Waals surface area (Å²) in [5.41, 5.74) is 6.98. The summed E-state index contributed by atoms with van der Waals surface area (Å²) in [6, 6.07) is 3.16. The first-order chi connectivity index (χ1) is 13.9. The Balaban J connectivity index is 2.16. The van der Waals surface area contributed by atoms with Crippen molar-refractivity contribution in [2.45, 2.75) is 32.1 Å². The molecule has 1 aromatic carbocycles. The van der Waals surface area contributed by atoms with Crippen molar-refractivity contribution in [1.29, 1.82) is 0 Å². The SMILES string of the molecule is C#CCOc1c(Cl)cc(C2C(C(=O)OCC)=C(N)OC3=C2C(=O)CCC3)cc1Cl. The molecule has 1 heterocycles. The third kappa shape index (κ3) is 4.07. The minimum absolute atomic E-state index is 0.00916. The van der Waals surface area contributed by atoms with Gasteiger partial charge in [0.1, 0.15) is 17.9 Å². The number of benzene rings is 1. The first kappa shape index (κ1) is 21.1. The summed E-state index contributed by atoms with van der Waals surface area (Å²) in [5.74, 6) is 1.33. The molecule has 2 aliphatic rings. The molecule has 0 bridgehead atoms.